The topological polar surface area (TPSA) is 0 Å². The van der Waals surface area contributed by atoms with Crippen molar-refractivity contribution in [3.63, 3.8) is 0 Å². The van der Waals surface area contributed by atoms with E-state index >= 15 is 0 Å². The van der Waals surface area contributed by atoms with Crippen LogP contribution in [0, 0.1) is 70.0 Å². The van der Waals surface area contributed by atoms with Gasteiger partial charge in [0.15, 0.2) is 0 Å². The molecular formula is C55H72. The summed E-state index contributed by atoms with van der Waals surface area (Å²) in [5.41, 5.74) is 6.10. The maximum atomic E-state index is 2.76. The highest BCUT2D eigenvalue weighted by Gasteiger charge is 2.59. The Bertz CT molecular complexity index is 1700. The van der Waals surface area contributed by atoms with E-state index in [0.29, 0.717) is 41.4 Å². The van der Waals surface area contributed by atoms with Crippen LogP contribution >= 0.6 is 0 Å². The molecule has 0 N–H and O–H groups in total. The van der Waals surface area contributed by atoms with Crippen LogP contribution in [0.3, 0.4) is 0 Å². The summed E-state index contributed by atoms with van der Waals surface area (Å²) in [5, 5.41) is 0. The fraction of sp³-hybridized carbons (Fsp3) is 0.527. The third kappa shape index (κ3) is 8.09. The molecule has 5 aliphatic rings. The van der Waals surface area contributed by atoms with Crippen molar-refractivity contribution in [3.05, 3.63) is 156 Å². The normalized spacial score (nSPS) is 29.8. The van der Waals surface area contributed by atoms with Crippen molar-refractivity contribution in [2.75, 3.05) is 0 Å². The van der Waals surface area contributed by atoms with E-state index in [1.165, 1.54) is 73.6 Å². The highest BCUT2D eigenvalue weighted by Crippen LogP contribution is 2.64. The number of unbranched alkanes of at least 4 members (excludes halogenated alkanes) is 1. The molecule has 5 aliphatic carbocycles. The molecular weight excluding hydrogens is 661 g/mol. The summed E-state index contributed by atoms with van der Waals surface area (Å²) >= 11 is 0. The van der Waals surface area contributed by atoms with Crippen LogP contribution in [-0.2, 0) is 5.41 Å². The van der Waals surface area contributed by atoms with Crippen molar-refractivity contribution in [2.45, 2.75) is 112 Å². The Morgan fingerprint density at radius 3 is 1.76 bits per heavy atom. The number of allylic oxidation sites excluding steroid dienone is 14. The van der Waals surface area contributed by atoms with Gasteiger partial charge in [0, 0.05) is 5.41 Å². The molecule has 55 heavy (non-hydrogen) atoms. The number of fused-ring (bicyclic) bond motifs is 4. The van der Waals surface area contributed by atoms with Gasteiger partial charge in [-0.15, -0.1) is 0 Å². The van der Waals surface area contributed by atoms with E-state index in [9.17, 15) is 0 Å². The maximum absolute atomic E-state index is 2.76. The molecule has 2 aromatic rings. The molecule has 0 aromatic heterocycles. The highest BCUT2D eigenvalue weighted by atomic mass is 14.6. The third-order valence-corrected chi connectivity index (χ3v) is 15.0. The van der Waals surface area contributed by atoms with Gasteiger partial charge >= 0.3 is 0 Å². The predicted molar refractivity (Wildman–Crippen MR) is 238 cm³/mol. The molecule has 2 fully saturated rings. The standard InChI is InChI=1S/C55H72/c1-9-40(22-14-10-11-15-23-41-30-31-42-24-20-21-29-47(41)42)36-39(2)55(43-25-16-12-17-26-43,44-27-18-13-19-28-44)52-50-37-45(53(3,4)5)32-34-48(50)49-35-33-46(38-51(49)52)54(6,7)8/h11-13,15-21,24-29,32-35,37-42,47-52H,9-10,14,22-23,30-31,36H2,1-8H3. The van der Waals surface area contributed by atoms with Crippen LogP contribution in [0.1, 0.15) is 118 Å². The van der Waals surface area contributed by atoms with E-state index in [1.54, 1.807) is 0 Å². The summed E-state index contributed by atoms with van der Waals surface area (Å²) in [6.45, 7) is 19.5. The Morgan fingerprint density at radius 2 is 1.22 bits per heavy atom. The average molecular weight is 733 g/mol. The van der Waals surface area contributed by atoms with Crippen molar-refractivity contribution in [3.8, 4) is 0 Å². The number of rotatable bonds is 13. The zero-order valence-corrected chi connectivity index (χ0v) is 35.6. The van der Waals surface area contributed by atoms with Crippen molar-refractivity contribution < 1.29 is 0 Å². The summed E-state index contributed by atoms with van der Waals surface area (Å²) < 4.78 is 0. The van der Waals surface area contributed by atoms with Gasteiger partial charge in [-0.05, 0) is 131 Å². The second-order valence-electron chi connectivity index (χ2n) is 20.3. The van der Waals surface area contributed by atoms with Gasteiger partial charge in [-0.2, -0.15) is 0 Å². The van der Waals surface area contributed by atoms with Gasteiger partial charge in [-0.3, -0.25) is 0 Å². The largest absolute Gasteiger partial charge is 0.0885 e. The van der Waals surface area contributed by atoms with Crippen LogP contribution in [-0.4, -0.2) is 0 Å². The zero-order valence-electron chi connectivity index (χ0n) is 35.6. The zero-order chi connectivity index (χ0) is 38.8. The lowest BCUT2D eigenvalue weighted by molar-refractivity contribution is 0.141. The quantitative estimate of drug-likeness (QED) is 0.142. The molecule has 0 amide bonds. The SMILES string of the molecule is CCC(CCCC=CCC1CCC2C=CC=CC21)CC(C)C(c1ccccc1)(c1ccccc1)C1C2C=C(C(C)(C)C)C=CC2C2C=CC(C(C)(C)C)=CC21. The van der Waals surface area contributed by atoms with Gasteiger partial charge < -0.3 is 0 Å². The van der Waals surface area contributed by atoms with Crippen LogP contribution in [0.25, 0.3) is 0 Å². The van der Waals surface area contributed by atoms with E-state index in [2.05, 4.69) is 189 Å². The van der Waals surface area contributed by atoms with Crippen LogP contribution in [0.5, 0.6) is 0 Å². The van der Waals surface area contributed by atoms with E-state index in [-0.39, 0.29) is 16.2 Å². The van der Waals surface area contributed by atoms with Crippen molar-refractivity contribution >= 4 is 0 Å². The van der Waals surface area contributed by atoms with Crippen molar-refractivity contribution in [1.82, 2.24) is 0 Å². The van der Waals surface area contributed by atoms with Crippen LogP contribution in [0.4, 0.5) is 0 Å². The summed E-state index contributed by atoms with van der Waals surface area (Å²) in [7, 11) is 0. The molecule has 2 saturated carbocycles. The van der Waals surface area contributed by atoms with Gasteiger partial charge in [-0.25, -0.2) is 0 Å². The lowest BCUT2D eigenvalue weighted by Crippen LogP contribution is -2.48. The molecule has 0 heterocycles. The second-order valence-corrected chi connectivity index (χ2v) is 20.3. The van der Waals surface area contributed by atoms with Crippen molar-refractivity contribution in [2.24, 2.45) is 70.0 Å². The van der Waals surface area contributed by atoms with E-state index in [4.69, 9.17) is 0 Å². The first-order valence-corrected chi connectivity index (χ1v) is 22.3. The minimum absolute atomic E-state index is 0.112. The highest BCUT2D eigenvalue weighted by molar-refractivity contribution is 5.48. The summed E-state index contributed by atoms with van der Waals surface area (Å²) in [6, 6.07) is 23.7. The van der Waals surface area contributed by atoms with Gasteiger partial charge in [-0.1, -0.05) is 202 Å². The smallest absolute Gasteiger partial charge is 0.0268 e. The Hall–Kier alpha value is -3.38. The average Bonchev–Trinajstić information content (AvgIpc) is 3.74. The van der Waals surface area contributed by atoms with E-state index in [0.717, 1.165) is 17.8 Å². The monoisotopic (exact) mass is 733 g/mol. The molecule has 0 radical (unpaired) electrons. The Balaban J connectivity index is 1.22. The molecule has 9 unspecified atom stereocenters. The summed E-state index contributed by atoms with van der Waals surface area (Å²) in [5.74, 6) is 5.89. The predicted octanol–water partition coefficient (Wildman–Crippen LogP) is 15.1. The van der Waals surface area contributed by atoms with Gasteiger partial charge in [0.2, 0.25) is 0 Å². The molecule has 0 nitrogen and oxygen atoms in total. The molecule has 9 atom stereocenters. The minimum Gasteiger partial charge on any atom is -0.0885 e. The Kier molecular flexibility index (Phi) is 12.0. The lowest BCUT2D eigenvalue weighted by atomic mass is 9.52. The van der Waals surface area contributed by atoms with Crippen LogP contribution in [0.2, 0.25) is 0 Å². The minimum atomic E-state index is -0.143. The molecule has 7 rings (SSSR count). The van der Waals surface area contributed by atoms with Crippen LogP contribution in [0.15, 0.2) is 145 Å². The first-order valence-electron chi connectivity index (χ1n) is 22.3. The first kappa shape index (κ1) is 39.8. The Labute approximate surface area is 336 Å². The lowest BCUT2D eigenvalue weighted by Gasteiger charge is -2.51. The molecule has 0 saturated heterocycles. The van der Waals surface area contributed by atoms with E-state index in [1.807, 2.05) is 0 Å². The molecule has 0 heteroatoms. The van der Waals surface area contributed by atoms with Gasteiger partial charge in [0.1, 0.15) is 0 Å². The third-order valence-electron chi connectivity index (χ3n) is 15.0. The number of hydrogen-bond donors (Lipinski definition) is 0. The maximum Gasteiger partial charge on any atom is 0.0268 e. The Morgan fingerprint density at radius 1 is 0.655 bits per heavy atom. The van der Waals surface area contributed by atoms with Crippen LogP contribution < -0.4 is 0 Å². The first-order chi connectivity index (χ1) is 26.4. The molecule has 0 aliphatic heterocycles. The number of benzene rings is 2. The van der Waals surface area contributed by atoms with E-state index < -0.39 is 0 Å². The molecule has 0 bridgehead atoms. The fourth-order valence-electron chi connectivity index (χ4n) is 12.1. The fourth-order valence-corrected chi connectivity index (χ4v) is 12.1. The molecule has 292 valence electrons. The second kappa shape index (κ2) is 16.6. The van der Waals surface area contributed by atoms with Crippen molar-refractivity contribution in [1.29, 1.82) is 0 Å². The molecule has 2 aromatic carbocycles. The summed E-state index contributed by atoms with van der Waals surface area (Å²) in [6.07, 6.45) is 40.6. The molecule has 0 spiro atoms. The summed E-state index contributed by atoms with van der Waals surface area (Å²) in [4.78, 5) is 0. The number of hydrogen-bond acceptors (Lipinski definition) is 0. The van der Waals surface area contributed by atoms with Gasteiger partial charge in [0.05, 0.1) is 0 Å². The van der Waals surface area contributed by atoms with Gasteiger partial charge in [0.25, 0.3) is 0 Å².